The van der Waals surface area contributed by atoms with Crippen LogP contribution in [0.2, 0.25) is 0 Å². The van der Waals surface area contributed by atoms with Crippen molar-refractivity contribution >= 4 is 55.9 Å². The zero-order chi connectivity index (χ0) is 32.8. The minimum atomic E-state index is -4.00. The van der Waals surface area contributed by atoms with E-state index in [9.17, 15) is 31.9 Å². The summed E-state index contributed by atoms with van der Waals surface area (Å²) in [5.41, 5.74) is 2.77. The number of thiazole rings is 1. The van der Waals surface area contributed by atoms with E-state index in [0.717, 1.165) is 54.7 Å². The fraction of sp³-hybridized carbons (Fsp3) is 0.273. The largest absolute Gasteiger partial charge is 0.481 e. The van der Waals surface area contributed by atoms with Crippen LogP contribution in [0.4, 0.5) is 33.2 Å². The van der Waals surface area contributed by atoms with Gasteiger partial charge in [-0.15, -0.1) is 0 Å². The molecule has 0 bridgehead atoms. The van der Waals surface area contributed by atoms with Gasteiger partial charge in [0.1, 0.15) is 5.82 Å². The van der Waals surface area contributed by atoms with Gasteiger partial charge in [0.15, 0.2) is 11.8 Å². The highest BCUT2D eigenvalue weighted by Gasteiger charge is 2.35. The number of amides is 3. The number of halogens is 4. The van der Waals surface area contributed by atoms with Crippen LogP contribution >= 0.6 is 11.3 Å². The Morgan fingerprint density at radius 3 is 2.41 bits per heavy atom. The fourth-order valence-electron chi connectivity index (χ4n) is 5.08. The summed E-state index contributed by atoms with van der Waals surface area (Å²) in [5, 5.41) is 14.0. The number of aromatic nitrogens is 1. The Labute approximate surface area is 265 Å². The monoisotopic (exact) mass is 654 g/mol. The Balaban J connectivity index is 1.39. The molecule has 46 heavy (non-hydrogen) atoms. The molecule has 0 saturated heterocycles. The molecule has 3 amide bonds. The molecule has 4 aromatic rings. The van der Waals surface area contributed by atoms with Crippen LogP contribution in [0.1, 0.15) is 59.2 Å². The third-order valence-electron chi connectivity index (χ3n) is 7.52. The van der Waals surface area contributed by atoms with E-state index in [1.54, 1.807) is 24.3 Å². The standard InChI is InChI=1S/C33H30F4N4O4S/c34-19-33(36,37)25-16-28-27(17-26(25)35)39-31(46-28)40-32(45)41(24-12-10-22(11-13-24)21-4-2-1-3-5-21)18-20-6-8-23(9-7-20)30(44)38-15-14-29(42)43/h4,6-13,16-17H,1-3,5,14-15,18-19H2,(H,38,44)(H,42,43)(H,39,40,45). The van der Waals surface area contributed by atoms with Crippen molar-refractivity contribution in [1.82, 2.24) is 10.3 Å². The van der Waals surface area contributed by atoms with Crippen LogP contribution < -0.4 is 15.5 Å². The molecule has 1 aliphatic rings. The van der Waals surface area contributed by atoms with Crippen molar-refractivity contribution in [2.45, 2.75) is 44.6 Å². The lowest BCUT2D eigenvalue weighted by Gasteiger charge is -2.23. The summed E-state index contributed by atoms with van der Waals surface area (Å²) >= 11 is 0.848. The molecule has 1 heterocycles. The van der Waals surface area contributed by atoms with E-state index in [1.807, 2.05) is 24.3 Å². The first-order valence-corrected chi connectivity index (χ1v) is 15.4. The Morgan fingerprint density at radius 2 is 1.76 bits per heavy atom. The minimum absolute atomic E-state index is 0.0191. The predicted molar refractivity (Wildman–Crippen MR) is 169 cm³/mol. The number of alkyl halides is 3. The van der Waals surface area contributed by atoms with Crippen LogP contribution in [0.25, 0.3) is 15.8 Å². The van der Waals surface area contributed by atoms with E-state index in [0.29, 0.717) is 16.8 Å². The molecular weight excluding hydrogens is 624 g/mol. The van der Waals surface area contributed by atoms with Gasteiger partial charge < -0.3 is 10.4 Å². The summed E-state index contributed by atoms with van der Waals surface area (Å²) < 4.78 is 55.3. The van der Waals surface area contributed by atoms with E-state index in [4.69, 9.17) is 5.11 Å². The molecule has 1 aliphatic carbocycles. The molecule has 0 fully saturated rings. The number of benzene rings is 3. The first-order valence-electron chi connectivity index (χ1n) is 14.6. The predicted octanol–water partition coefficient (Wildman–Crippen LogP) is 7.90. The highest BCUT2D eigenvalue weighted by Crippen LogP contribution is 2.36. The molecule has 8 nitrogen and oxygen atoms in total. The zero-order valence-electron chi connectivity index (χ0n) is 24.5. The maximum Gasteiger partial charge on any atom is 0.328 e. The van der Waals surface area contributed by atoms with Crippen molar-refractivity contribution in [3.63, 3.8) is 0 Å². The molecule has 0 atom stereocenters. The summed E-state index contributed by atoms with van der Waals surface area (Å²) in [6.45, 7) is -2.00. The number of rotatable bonds is 11. The van der Waals surface area contributed by atoms with E-state index in [-0.39, 0.29) is 34.9 Å². The third kappa shape index (κ3) is 7.71. The molecule has 0 radical (unpaired) electrons. The molecule has 3 N–H and O–H groups in total. The number of hydrogen-bond acceptors (Lipinski definition) is 5. The number of hydrogen-bond donors (Lipinski definition) is 3. The quantitative estimate of drug-likeness (QED) is 0.142. The van der Waals surface area contributed by atoms with Crippen molar-refractivity contribution in [2.75, 3.05) is 23.4 Å². The zero-order valence-corrected chi connectivity index (χ0v) is 25.3. The van der Waals surface area contributed by atoms with Crippen molar-refractivity contribution < 1.29 is 37.1 Å². The van der Waals surface area contributed by atoms with Crippen molar-refractivity contribution in [2.24, 2.45) is 0 Å². The first kappa shape index (κ1) is 32.6. The highest BCUT2D eigenvalue weighted by atomic mass is 32.1. The van der Waals surface area contributed by atoms with Gasteiger partial charge in [-0.2, -0.15) is 8.78 Å². The van der Waals surface area contributed by atoms with Gasteiger partial charge in [-0.1, -0.05) is 41.7 Å². The Morgan fingerprint density at radius 1 is 1.02 bits per heavy atom. The number of aliphatic carboxylic acids is 1. The van der Waals surface area contributed by atoms with Crippen LogP contribution in [-0.2, 0) is 17.3 Å². The number of allylic oxidation sites excluding steroid dienone is 2. The van der Waals surface area contributed by atoms with E-state index in [2.05, 4.69) is 21.7 Å². The SMILES string of the molecule is O=C(O)CCNC(=O)c1ccc(CN(C(=O)Nc2nc3cc(F)c(C(F)(F)CF)cc3s2)c2ccc(C3=CCCCC3)cc2)cc1. The van der Waals surface area contributed by atoms with E-state index < -0.39 is 41.9 Å². The second-order valence-corrected chi connectivity index (χ2v) is 11.8. The normalized spacial score (nSPS) is 13.3. The lowest BCUT2D eigenvalue weighted by Crippen LogP contribution is -2.34. The second kappa shape index (κ2) is 14.1. The highest BCUT2D eigenvalue weighted by molar-refractivity contribution is 7.22. The molecule has 1 aromatic heterocycles. The summed E-state index contributed by atoms with van der Waals surface area (Å²) in [7, 11) is 0. The van der Waals surface area contributed by atoms with Gasteiger partial charge in [0.25, 0.3) is 5.91 Å². The van der Waals surface area contributed by atoms with Gasteiger partial charge in [0, 0.05) is 23.9 Å². The smallest absolute Gasteiger partial charge is 0.328 e. The molecule has 5 rings (SSSR count). The Bertz CT molecular complexity index is 1770. The fourth-order valence-corrected chi connectivity index (χ4v) is 5.95. The number of nitrogens with zero attached hydrogens (tertiary/aromatic N) is 2. The Kier molecular flexibility index (Phi) is 10.0. The summed E-state index contributed by atoms with van der Waals surface area (Å²) in [6.07, 6.45) is 6.24. The number of carbonyl (C=O) groups excluding carboxylic acids is 2. The lowest BCUT2D eigenvalue weighted by atomic mass is 9.93. The van der Waals surface area contributed by atoms with Gasteiger partial charge in [0.2, 0.25) is 0 Å². The minimum Gasteiger partial charge on any atom is -0.481 e. The van der Waals surface area contributed by atoms with Gasteiger partial charge in [0.05, 0.1) is 28.7 Å². The third-order valence-corrected chi connectivity index (χ3v) is 8.45. The number of carboxylic acid groups (broad SMARTS) is 1. The molecule has 0 spiro atoms. The number of fused-ring (bicyclic) bond motifs is 1. The van der Waals surface area contributed by atoms with Crippen molar-refractivity contribution in [3.8, 4) is 0 Å². The maximum atomic E-state index is 14.4. The summed E-state index contributed by atoms with van der Waals surface area (Å²) in [5.74, 6) is -6.77. The second-order valence-electron chi connectivity index (χ2n) is 10.8. The maximum absolute atomic E-state index is 14.4. The van der Waals surface area contributed by atoms with E-state index >= 15 is 0 Å². The summed E-state index contributed by atoms with van der Waals surface area (Å²) in [4.78, 5) is 42.4. The molecule has 0 saturated carbocycles. The number of carboxylic acids is 1. The van der Waals surface area contributed by atoms with Crippen LogP contribution in [0.3, 0.4) is 0 Å². The van der Waals surface area contributed by atoms with Crippen LogP contribution in [0.15, 0.2) is 66.7 Å². The average Bonchev–Trinajstić information content (AvgIpc) is 3.44. The van der Waals surface area contributed by atoms with Crippen molar-refractivity contribution in [1.29, 1.82) is 0 Å². The van der Waals surface area contributed by atoms with Gasteiger partial charge in [-0.3, -0.25) is 19.8 Å². The Hall–Kier alpha value is -4.78. The average molecular weight is 655 g/mol. The van der Waals surface area contributed by atoms with Gasteiger partial charge in [-0.25, -0.2) is 18.6 Å². The van der Waals surface area contributed by atoms with Crippen LogP contribution in [-0.4, -0.2) is 41.2 Å². The molecule has 240 valence electrons. The van der Waals surface area contributed by atoms with Gasteiger partial charge >= 0.3 is 17.9 Å². The molecule has 3 aromatic carbocycles. The molecule has 0 unspecified atom stereocenters. The topological polar surface area (TPSA) is 112 Å². The van der Waals surface area contributed by atoms with Crippen LogP contribution in [0.5, 0.6) is 0 Å². The first-order chi connectivity index (χ1) is 22.0. The summed E-state index contributed by atoms with van der Waals surface area (Å²) in [6, 6.07) is 15.0. The number of anilines is 2. The number of urea groups is 1. The number of carbonyl (C=O) groups is 3. The van der Waals surface area contributed by atoms with Crippen LogP contribution in [0, 0.1) is 5.82 Å². The molecule has 13 heteroatoms. The lowest BCUT2D eigenvalue weighted by molar-refractivity contribution is -0.136. The molecular formula is C33H30F4N4O4S. The molecule has 0 aliphatic heterocycles. The number of nitrogens with one attached hydrogen (secondary N) is 2. The van der Waals surface area contributed by atoms with E-state index in [1.165, 1.54) is 10.5 Å². The van der Waals surface area contributed by atoms with Gasteiger partial charge in [-0.05, 0) is 72.7 Å². The van der Waals surface area contributed by atoms with Crippen molar-refractivity contribution in [3.05, 3.63) is 94.8 Å².